The SMILES string of the molecule is O=C(NO)c1cnc(N2CCC(CNCCc3ccc4ccccc4c3)CC2)nc1. The van der Waals surface area contributed by atoms with Crippen LogP contribution in [-0.4, -0.2) is 47.3 Å². The van der Waals surface area contributed by atoms with E-state index in [1.165, 1.54) is 28.7 Å². The molecule has 0 atom stereocenters. The summed E-state index contributed by atoms with van der Waals surface area (Å²) >= 11 is 0. The van der Waals surface area contributed by atoms with Crippen LogP contribution < -0.4 is 15.7 Å². The normalized spacial score (nSPS) is 14.8. The Hall–Kier alpha value is -3.03. The zero-order chi connectivity index (χ0) is 20.8. The van der Waals surface area contributed by atoms with Crippen molar-refractivity contribution in [3.63, 3.8) is 0 Å². The van der Waals surface area contributed by atoms with Crippen molar-refractivity contribution in [3.05, 3.63) is 66.0 Å². The first kappa shape index (κ1) is 20.3. The molecule has 30 heavy (non-hydrogen) atoms. The molecule has 7 nitrogen and oxygen atoms in total. The van der Waals surface area contributed by atoms with Crippen LogP contribution in [0.4, 0.5) is 5.95 Å². The monoisotopic (exact) mass is 405 g/mol. The summed E-state index contributed by atoms with van der Waals surface area (Å²) in [5.41, 5.74) is 3.20. The molecule has 4 rings (SSSR count). The number of amides is 1. The van der Waals surface area contributed by atoms with Crippen LogP contribution in [0.5, 0.6) is 0 Å². The first-order valence-corrected chi connectivity index (χ1v) is 10.4. The highest BCUT2D eigenvalue weighted by Gasteiger charge is 2.21. The molecule has 0 spiro atoms. The van der Waals surface area contributed by atoms with Gasteiger partial charge in [0.2, 0.25) is 5.95 Å². The van der Waals surface area contributed by atoms with Crippen LogP contribution in [-0.2, 0) is 6.42 Å². The molecule has 0 aliphatic carbocycles. The number of benzene rings is 2. The topological polar surface area (TPSA) is 90.4 Å². The highest BCUT2D eigenvalue weighted by atomic mass is 16.5. The first-order valence-electron chi connectivity index (χ1n) is 10.4. The van der Waals surface area contributed by atoms with Gasteiger partial charge in [0.05, 0.1) is 5.56 Å². The fourth-order valence-electron chi connectivity index (χ4n) is 3.94. The highest BCUT2D eigenvalue weighted by Crippen LogP contribution is 2.20. The molecule has 1 aliphatic heterocycles. The van der Waals surface area contributed by atoms with Gasteiger partial charge in [0, 0.05) is 25.5 Å². The molecule has 3 aromatic rings. The number of aromatic nitrogens is 2. The van der Waals surface area contributed by atoms with Crippen LogP contribution in [0.3, 0.4) is 0 Å². The number of carbonyl (C=O) groups is 1. The Balaban J connectivity index is 1.19. The number of nitrogens with zero attached hydrogens (tertiary/aromatic N) is 3. The lowest BCUT2D eigenvalue weighted by Crippen LogP contribution is -2.38. The summed E-state index contributed by atoms with van der Waals surface area (Å²) in [6.45, 7) is 3.82. The summed E-state index contributed by atoms with van der Waals surface area (Å²) < 4.78 is 0. The summed E-state index contributed by atoms with van der Waals surface area (Å²) in [5.74, 6) is 0.680. The zero-order valence-electron chi connectivity index (χ0n) is 16.9. The van der Waals surface area contributed by atoms with Gasteiger partial charge in [-0.15, -0.1) is 0 Å². The van der Waals surface area contributed by atoms with E-state index in [-0.39, 0.29) is 5.56 Å². The van der Waals surface area contributed by atoms with E-state index in [2.05, 4.69) is 62.6 Å². The van der Waals surface area contributed by atoms with Crippen molar-refractivity contribution in [2.45, 2.75) is 19.3 Å². The Morgan fingerprint density at radius 2 is 1.80 bits per heavy atom. The molecular formula is C23H27N5O2. The first-order chi connectivity index (χ1) is 14.7. The minimum Gasteiger partial charge on any atom is -0.341 e. The van der Waals surface area contributed by atoms with Gasteiger partial charge in [-0.2, -0.15) is 0 Å². The summed E-state index contributed by atoms with van der Waals surface area (Å²) in [4.78, 5) is 22.0. The molecule has 1 saturated heterocycles. The zero-order valence-corrected chi connectivity index (χ0v) is 16.9. The van der Waals surface area contributed by atoms with E-state index in [0.717, 1.165) is 45.4 Å². The Morgan fingerprint density at radius 1 is 1.07 bits per heavy atom. The van der Waals surface area contributed by atoms with Gasteiger partial charge in [0.25, 0.3) is 5.91 Å². The third-order valence-electron chi connectivity index (χ3n) is 5.74. The Morgan fingerprint density at radius 3 is 2.53 bits per heavy atom. The van der Waals surface area contributed by atoms with E-state index < -0.39 is 5.91 Å². The number of piperidine rings is 1. The van der Waals surface area contributed by atoms with Gasteiger partial charge in [-0.25, -0.2) is 15.4 Å². The van der Waals surface area contributed by atoms with E-state index in [1.54, 1.807) is 5.48 Å². The molecule has 156 valence electrons. The third-order valence-corrected chi connectivity index (χ3v) is 5.74. The maximum atomic E-state index is 11.4. The van der Waals surface area contributed by atoms with Crippen LogP contribution in [0, 0.1) is 5.92 Å². The predicted octanol–water partition coefficient (Wildman–Crippen LogP) is 2.80. The van der Waals surface area contributed by atoms with Crippen LogP contribution >= 0.6 is 0 Å². The molecule has 0 unspecified atom stereocenters. The van der Waals surface area contributed by atoms with Crippen molar-refractivity contribution in [2.24, 2.45) is 5.92 Å². The quantitative estimate of drug-likeness (QED) is 0.318. The number of nitrogens with one attached hydrogen (secondary N) is 2. The molecule has 3 N–H and O–H groups in total. The average molecular weight is 406 g/mol. The van der Waals surface area contributed by atoms with E-state index in [1.807, 2.05) is 0 Å². The summed E-state index contributed by atoms with van der Waals surface area (Å²) in [5, 5.41) is 14.9. The van der Waals surface area contributed by atoms with Crippen molar-refractivity contribution in [1.29, 1.82) is 0 Å². The molecule has 0 radical (unpaired) electrons. The molecule has 1 amide bonds. The molecule has 0 bridgehead atoms. The number of hydrogen-bond donors (Lipinski definition) is 3. The predicted molar refractivity (Wildman–Crippen MR) is 117 cm³/mol. The summed E-state index contributed by atoms with van der Waals surface area (Å²) in [7, 11) is 0. The Bertz CT molecular complexity index is 984. The molecule has 0 saturated carbocycles. The minimum atomic E-state index is -0.602. The molecule has 1 fully saturated rings. The second-order valence-electron chi connectivity index (χ2n) is 7.78. The van der Waals surface area contributed by atoms with Crippen molar-refractivity contribution >= 4 is 22.6 Å². The lowest BCUT2D eigenvalue weighted by Gasteiger charge is -2.32. The molecular weight excluding hydrogens is 378 g/mol. The number of carbonyl (C=O) groups excluding carboxylic acids is 1. The number of rotatable bonds is 7. The van der Waals surface area contributed by atoms with Crippen LogP contribution in [0.25, 0.3) is 10.8 Å². The average Bonchev–Trinajstić information content (AvgIpc) is 2.82. The Kier molecular flexibility index (Phi) is 6.51. The van der Waals surface area contributed by atoms with Gasteiger partial charge < -0.3 is 10.2 Å². The van der Waals surface area contributed by atoms with Crippen molar-refractivity contribution < 1.29 is 10.0 Å². The fraction of sp³-hybridized carbons (Fsp3) is 0.348. The number of anilines is 1. The maximum absolute atomic E-state index is 11.4. The molecule has 2 aromatic carbocycles. The standard InChI is InChI=1S/C23H27N5O2/c29-22(27-30)21-15-25-23(26-16-21)28-11-8-18(9-12-28)14-24-10-7-17-5-6-19-3-1-2-4-20(19)13-17/h1-6,13,15-16,18,24,30H,7-12,14H2,(H,27,29). The van der Waals surface area contributed by atoms with Gasteiger partial charge in [-0.3, -0.25) is 10.0 Å². The van der Waals surface area contributed by atoms with Crippen molar-refractivity contribution in [1.82, 2.24) is 20.8 Å². The smallest absolute Gasteiger partial charge is 0.277 e. The van der Waals surface area contributed by atoms with E-state index in [0.29, 0.717) is 11.9 Å². The highest BCUT2D eigenvalue weighted by molar-refractivity contribution is 5.92. The number of fused-ring (bicyclic) bond motifs is 1. The maximum Gasteiger partial charge on any atom is 0.277 e. The number of hydrogen-bond acceptors (Lipinski definition) is 6. The van der Waals surface area contributed by atoms with Crippen molar-refractivity contribution in [2.75, 3.05) is 31.1 Å². The van der Waals surface area contributed by atoms with E-state index in [4.69, 9.17) is 5.21 Å². The van der Waals surface area contributed by atoms with Crippen LogP contribution in [0.2, 0.25) is 0 Å². The van der Waals surface area contributed by atoms with Gasteiger partial charge in [-0.1, -0.05) is 42.5 Å². The largest absolute Gasteiger partial charge is 0.341 e. The molecule has 2 heterocycles. The minimum absolute atomic E-state index is 0.242. The fourth-order valence-corrected chi connectivity index (χ4v) is 3.94. The van der Waals surface area contributed by atoms with Gasteiger partial charge in [0.15, 0.2) is 0 Å². The lowest BCUT2D eigenvalue weighted by atomic mass is 9.97. The third kappa shape index (κ3) is 4.93. The molecule has 7 heteroatoms. The second-order valence-corrected chi connectivity index (χ2v) is 7.78. The summed E-state index contributed by atoms with van der Waals surface area (Å²) in [6, 6.07) is 15.2. The van der Waals surface area contributed by atoms with Gasteiger partial charge >= 0.3 is 0 Å². The van der Waals surface area contributed by atoms with E-state index in [9.17, 15) is 4.79 Å². The molecule has 1 aliphatic rings. The second kappa shape index (κ2) is 9.65. The molecule has 1 aromatic heterocycles. The van der Waals surface area contributed by atoms with Crippen LogP contribution in [0.15, 0.2) is 54.9 Å². The number of hydroxylamine groups is 1. The van der Waals surface area contributed by atoms with Crippen molar-refractivity contribution in [3.8, 4) is 0 Å². The lowest BCUT2D eigenvalue weighted by molar-refractivity contribution is 0.0705. The van der Waals surface area contributed by atoms with Gasteiger partial charge in [0.1, 0.15) is 0 Å². The summed E-state index contributed by atoms with van der Waals surface area (Å²) in [6.07, 6.45) is 6.09. The van der Waals surface area contributed by atoms with Crippen LogP contribution in [0.1, 0.15) is 28.8 Å². The Labute approximate surface area is 176 Å². The van der Waals surface area contributed by atoms with Gasteiger partial charge in [-0.05, 0) is 54.6 Å². The van der Waals surface area contributed by atoms with E-state index >= 15 is 0 Å².